The first-order valence-corrected chi connectivity index (χ1v) is 12.9. The molecule has 2 amide bonds. The van der Waals surface area contributed by atoms with Gasteiger partial charge in [-0.25, -0.2) is 9.18 Å². The number of halogens is 2. The maximum atomic E-state index is 13.3. The van der Waals surface area contributed by atoms with Gasteiger partial charge >= 0.3 is 6.09 Å². The number of piperazine rings is 1. The van der Waals surface area contributed by atoms with Gasteiger partial charge in [-0.1, -0.05) is 23.7 Å². The summed E-state index contributed by atoms with van der Waals surface area (Å²) in [5, 5.41) is 1.50. The average molecular weight is 523 g/mol. The summed E-state index contributed by atoms with van der Waals surface area (Å²) in [5.41, 5.74) is 3.98. The molecule has 1 atom stereocenters. The molecule has 0 radical (unpaired) electrons. The van der Waals surface area contributed by atoms with E-state index in [9.17, 15) is 14.0 Å². The molecule has 1 unspecified atom stereocenters. The molecule has 0 bridgehead atoms. The monoisotopic (exact) mass is 522 g/mol. The Bertz CT molecular complexity index is 1340. The van der Waals surface area contributed by atoms with Crippen LogP contribution in [0.1, 0.15) is 46.1 Å². The van der Waals surface area contributed by atoms with Crippen molar-refractivity contribution in [3.63, 3.8) is 0 Å². The number of fused-ring (bicyclic) bond motifs is 2. The second kappa shape index (κ2) is 10.8. The van der Waals surface area contributed by atoms with Crippen LogP contribution in [0.4, 0.5) is 9.18 Å². The quantitative estimate of drug-likeness (QED) is 0.341. The van der Waals surface area contributed by atoms with Crippen molar-refractivity contribution in [2.75, 3.05) is 32.8 Å². The van der Waals surface area contributed by atoms with E-state index >= 15 is 0 Å². The first-order valence-electron chi connectivity index (χ1n) is 12.5. The van der Waals surface area contributed by atoms with Crippen molar-refractivity contribution >= 4 is 34.5 Å². The molecule has 1 saturated heterocycles. The van der Waals surface area contributed by atoms with Gasteiger partial charge < -0.3 is 14.5 Å². The van der Waals surface area contributed by atoms with Gasteiger partial charge in [-0.05, 0) is 55.5 Å². The second-order valence-corrected chi connectivity index (χ2v) is 9.77. The third kappa shape index (κ3) is 5.30. The minimum Gasteiger partial charge on any atom is -0.449 e. The van der Waals surface area contributed by atoms with E-state index in [0.717, 1.165) is 35.2 Å². The van der Waals surface area contributed by atoms with E-state index in [2.05, 4.69) is 11.6 Å². The van der Waals surface area contributed by atoms with E-state index in [4.69, 9.17) is 21.3 Å². The van der Waals surface area contributed by atoms with Gasteiger partial charge in [0.15, 0.2) is 0 Å². The molecule has 0 N–H and O–H groups in total. The summed E-state index contributed by atoms with van der Waals surface area (Å²) in [4.78, 5) is 37.9. The fourth-order valence-corrected chi connectivity index (χ4v) is 5.36. The van der Waals surface area contributed by atoms with Crippen LogP contribution in [0.15, 0.2) is 49.2 Å². The highest BCUT2D eigenvalue weighted by molar-refractivity contribution is 6.36. The van der Waals surface area contributed by atoms with Gasteiger partial charge in [0, 0.05) is 54.4 Å². The van der Waals surface area contributed by atoms with E-state index in [-0.39, 0.29) is 23.7 Å². The Morgan fingerprint density at radius 2 is 1.95 bits per heavy atom. The lowest BCUT2D eigenvalue weighted by Gasteiger charge is -2.34. The molecule has 9 heteroatoms. The van der Waals surface area contributed by atoms with Crippen LogP contribution >= 0.6 is 11.6 Å². The van der Waals surface area contributed by atoms with Crippen LogP contribution in [0.2, 0.25) is 5.02 Å². The highest BCUT2D eigenvalue weighted by Crippen LogP contribution is 2.37. The molecule has 3 aromatic rings. The van der Waals surface area contributed by atoms with Crippen molar-refractivity contribution in [3.05, 3.63) is 82.5 Å². The first-order chi connectivity index (χ1) is 17.9. The highest BCUT2D eigenvalue weighted by Gasteiger charge is 2.28. The molecule has 1 aliphatic carbocycles. The zero-order valence-electron chi connectivity index (χ0n) is 20.5. The van der Waals surface area contributed by atoms with Gasteiger partial charge in [0.1, 0.15) is 5.82 Å². The van der Waals surface area contributed by atoms with E-state index in [1.54, 1.807) is 34.1 Å². The number of ether oxygens (including phenoxy) is 1. The lowest BCUT2D eigenvalue weighted by molar-refractivity contribution is 0.0564. The molecule has 192 valence electrons. The summed E-state index contributed by atoms with van der Waals surface area (Å²) >= 11 is 6.79. The maximum Gasteiger partial charge on any atom is 0.409 e. The number of amides is 2. The summed E-state index contributed by atoms with van der Waals surface area (Å²) in [7, 11) is 0. The highest BCUT2D eigenvalue weighted by atomic mass is 35.5. The van der Waals surface area contributed by atoms with Crippen molar-refractivity contribution in [2.24, 2.45) is 0 Å². The number of carbonyl (C=O) groups is 2. The molecule has 1 aromatic carbocycles. The number of rotatable bonds is 5. The van der Waals surface area contributed by atoms with Crippen molar-refractivity contribution in [3.8, 4) is 0 Å². The van der Waals surface area contributed by atoms with Gasteiger partial charge in [0.2, 0.25) is 0 Å². The molecule has 0 saturated carbocycles. The normalized spacial score (nSPS) is 17.4. The zero-order chi connectivity index (χ0) is 25.9. The second-order valence-electron chi connectivity index (χ2n) is 9.39. The SMILES string of the molecule is C=CCCOC(=O)N1CCN(C(=O)c2ccc3c(Cl)c4c(nc3c2)CC(c2ccc(F)cn2)CC4)CC1. The Morgan fingerprint density at radius 3 is 2.68 bits per heavy atom. The van der Waals surface area contributed by atoms with Crippen LogP contribution in [0, 0.1) is 5.82 Å². The number of hydrogen-bond donors (Lipinski definition) is 0. The number of aromatic nitrogens is 2. The van der Waals surface area contributed by atoms with E-state index < -0.39 is 0 Å². The minimum absolute atomic E-state index is 0.106. The predicted octanol–water partition coefficient (Wildman–Crippen LogP) is 5.17. The Morgan fingerprint density at radius 1 is 1.16 bits per heavy atom. The summed E-state index contributed by atoms with van der Waals surface area (Å²) < 4.78 is 18.5. The molecular weight excluding hydrogens is 495 g/mol. The molecule has 37 heavy (non-hydrogen) atoms. The molecule has 0 spiro atoms. The molecular formula is C28H28ClFN4O3. The lowest BCUT2D eigenvalue weighted by atomic mass is 9.84. The number of carbonyl (C=O) groups excluding carboxylic acids is 2. The number of hydrogen-bond acceptors (Lipinski definition) is 5. The predicted molar refractivity (Wildman–Crippen MR) is 139 cm³/mol. The van der Waals surface area contributed by atoms with Crippen LogP contribution in [-0.4, -0.2) is 64.6 Å². The molecule has 3 heterocycles. The summed E-state index contributed by atoms with van der Waals surface area (Å²) in [5.74, 6) is -0.321. The Kier molecular flexibility index (Phi) is 7.37. The third-order valence-electron chi connectivity index (χ3n) is 7.07. The van der Waals surface area contributed by atoms with Gasteiger partial charge in [-0.2, -0.15) is 0 Å². The van der Waals surface area contributed by atoms with Crippen LogP contribution < -0.4 is 0 Å². The van der Waals surface area contributed by atoms with E-state index in [0.29, 0.717) is 61.7 Å². The smallest absolute Gasteiger partial charge is 0.409 e. The average Bonchev–Trinajstić information content (AvgIpc) is 2.93. The van der Waals surface area contributed by atoms with Crippen molar-refractivity contribution in [2.45, 2.75) is 31.6 Å². The van der Waals surface area contributed by atoms with E-state index in [1.807, 2.05) is 6.07 Å². The fraction of sp³-hybridized carbons (Fsp3) is 0.357. The zero-order valence-corrected chi connectivity index (χ0v) is 21.2. The number of nitrogens with zero attached hydrogens (tertiary/aromatic N) is 4. The molecule has 1 fully saturated rings. The Labute approximate surface area is 219 Å². The summed E-state index contributed by atoms with van der Waals surface area (Å²) in [6.07, 6.45) is 5.48. The third-order valence-corrected chi connectivity index (χ3v) is 7.51. The number of benzene rings is 1. The fourth-order valence-electron chi connectivity index (χ4n) is 5.00. The largest absolute Gasteiger partial charge is 0.449 e. The Hall–Kier alpha value is -3.52. The van der Waals surface area contributed by atoms with Crippen LogP contribution in [0.5, 0.6) is 0 Å². The van der Waals surface area contributed by atoms with Crippen molar-refractivity contribution < 1.29 is 18.7 Å². The van der Waals surface area contributed by atoms with Gasteiger partial charge in [-0.3, -0.25) is 14.8 Å². The first kappa shape index (κ1) is 25.1. The summed E-state index contributed by atoms with van der Waals surface area (Å²) in [6.45, 7) is 5.62. The van der Waals surface area contributed by atoms with Crippen LogP contribution in [0.3, 0.4) is 0 Å². The summed E-state index contributed by atoms with van der Waals surface area (Å²) in [6, 6.07) is 8.60. The van der Waals surface area contributed by atoms with Crippen molar-refractivity contribution in [1.29, 1.82) is 0 Å². The number of pyridine rings is 2. The molecule has 2 aliphatic rings. The standard InChI is InChI=1S/C28H28ClFN4O3/c1-2-3-14-37-28(36)34-12-10-33(11-13-34)27(35)19-5-8-22-25(16-19)32-24-15-18(4-7-21(24)26(22)29)23-9-6-20(30)17-31-23/h2,5-6,8-9,16-18H,1,3-4,7,10-15H2. The van der Waals surface area contributed by atoms with Crippen molar-refractivity contribution in [1.82, 2.24) is 19.8 Å². The molecule has 2 aromatic heterocycles. The van der Waals surface area contributed by atoms with Gasteiger partial charge in [-0.15, -0.1) is 6.58 Å². The lowest BCUT2D eigenvalue weighted by Crippen LogP contribution is -2.50. The maximum absolute atomic E-state index is 13.3. The molecule has 5 rings (SSSR count). The molecule has 7 nitrogen and oxygen atoms in total. The van der Waals surface area contributed by atoms with Crippen LogP contribution in [-0.2, 0) is 17.6 Å². The van der Waals surface area contributed by atoms with Crippen LogP contribution in [0.25, 0.3) is 10.9 Å². The van der Waals surface area contributed by atoms with E-state index in [1.165, 1.54) is 12.3 Å². The Balaban J connectivity index is 1.31. The van der Waals surface area contributed by atoms with Gasteiger partial charge in [0.05, 0.1) is 23.3 Å². The molecule has 1 aliphatic heterocycles. The topological polar surface area (TPSA) is 75.6 Å². The minimum atomic E-state index is -0.364. The van der Waals surface area contributed by atoms with Gasteiger partial charge in [0.25, 0.3) is 5.91 Å².